The molecular weight excluding hydrogens is 370 g/mol. The summed E-state index contributed by atoms with van der Waals surface area (Å²) >= 11 is 3.42. The number of hydrogen-bond acceptors (Lipinski definition) is 2. The van der Waals surface area contributed by atoms with Crippen LogP contribution in [0.4, 0.5) is 0 Å². The lowest BCUT2D eigenvalue weighted by atomic mass is 9.63. The van der Waals surface area contributed by atoms with E-state index < -0.39 is 11.3 Å². The fourth-order valence-electron chi connectivity index (χ4n) is 3.03. The van der Waals surface area contributed by atoms with Gasteiger partial charge in [-0.1, -0.05) is 34.5 Å². The molecular formula is C18H18BrN3O2. The predicted molar refractivity (Wildman–Crippen MR) is 97.3 cm³/mol. The van der Waals surface area contributed by atoms with Crippen LogP contribution in [-0.2, 0) is 12.5 Å². The molecule has 1 aliphatic rings. The summed E-state index contributed by atoms with van der Waals surface area (Å²) < 4.78 is 2.34. The van der Waals surface area contributed by atoms with Crippen molar-refractivity contribution in [3.05, 3.63) is 68.5 Å². The molecule has 1 heterocycles. The summed E-state index contributed by atoms with van der Waals surface area (Å²) in [6.07, 6.45) is 4.34. The average Bonchev–Trinajstić information content (AvgIpc) is 2.50. The number of benzene rings is 1. The van der Waals surface area contributed by atoms with Crippen LogP contribution in [0.15, 0.2) is 56.9 Å². The van der Waals surface area contributed by atoms with Crippen LogP contribution >= 0.6 is 15.9 Å². The maximum Gasteiger partial charge on any atom is 0.284 e. The number of amidine groups is 1. The maximum absolute atomic E-state index is 12.4. The molecule has 124 valence electrons. The van der Waals surface area contributed by atoms with E-state index >= 15 is 0 Å². The molecule has 1 saturated carbocycles. The number of amides is 1. The van der Waals surface area contributed by atoms with Crippen molar-refractivity contribution >= 4 is 27.7 Å². The maximum atomic E-state index is 12.4. The van der Waals surface area contributed by atoms with Crippen LogP contribution in [0.25, 0.3) is 0 Å². The fourth-order valence-corrected chi connectivity index (χ4v) is 3.29. The number of nitrogens with two attached hydrogens (primary N) is 1. The van der Waals surface area contributed by atoms with Crippen molar-refractivity contribution in [2.45, 2.75) is 24.7 Å². The third-order valence-electron chi connectivity index (χ3n) is 4.67. The van der Waals surface area contributed by atoms with Crippen molar-refractivity contribution in [1.29, 1.82) is 0 Å². The summed E-state index contributed by atoms with van der Waals surface area (Å²) in [5, 5.41) is 0. The van der Waals surface area contributed by atoms with Crippen molar-refractivity contribution in [2.24, 2.45) is 17.8 Å². The lowest BCUT2D eigenvalue weighted by Gasteiger charge is -2.41. The number of hydrogen-bond donors (Lipinski definition) is 1. The van der Waals surface area contributed by atoms with Gasteiger partial charge in [0.25, 0.3) is 11.5 Å². The lowest BCUT2D eigenvalue weighted by Crippen LogP contribution is -2.47. The first-order valence-electron chi connectivity index (χ1n) is 7.75. The molecule has 0 unspecified atom stereocenters. The number of pyridine rings is 1. The van der Waals surface area contributed by atoms with Crippen molar-refractivity contribution in [2.75, 3.05) is 0 Å². The van der Waals surface area contributed by atoms with Crippen molar-refractivity contribution in [3.8, 4) is 0 Å². The summed E-state index contributed by atoms with van der Waals surface area (Å²) in [7, 11) is 1.60. The third kappa shape index (κ3) is 2.82. The molecule has 24 heavy (non-hydrogen) atoms. The Hall–Kier alpha value is -2.21. The Kier molecular flexibility index (Phi) is 4.41. The summed E-state index contributed by atoms with van der Waals surface area (Å²) in [5.74, 6) is -0.302. The molecule has 0 atom stereocenters. The topological polar surface area (TPSA) is 77.4 Å². The van der Waals surface area contributed by atoms with E-state index in [0.29, 0.717) is 0 Å². The van der Waals surface area contributed by atoms with Gasteiger partial charge in [-0.15, -0.1) is 0 Å². The van der Waals surface area contributed by atoms with E-state index in [-0.39, 0.29) is 17.0 Å². The molecule has 1 fully saturated rings. The van der Waals surface area contributed by atoms with Gasteiger partial charge in [0, 0.05) is 17.7 Å². The zero-order chi connectivity index (χ0) is 17.3. The molecule has 2 aromatic rings. The zero-order valence-electron chi connectivity index (χ0n) is 13.3. The lowest BCUT2D eigenvalue weighted by molar-refractivity contribution is 0.0999. The summed E-state index contributed by atoms with van der Waals surface area (Å²) in [6, 6.07) is 11.0. The number of aromatic nitrogens is 1. The molecule has 0 bridgehead atoms. The molecule has 1 aromatic carbocycles. The molecule has 1 aliphatic carbocycles. The van der Waals surface area contributed by atoms with Gasteiger partial charge in [-0.25, -0.2) is 0 Å². The molecule has 0 radical (unpaired) electrons. The number of aliphatic imine (C=N–C) groups is 1. The standard InChI is InChI=1S/C18H18BrN3O2/c1-22-11-2-4-14(16(22)24)15(23)21-17(20)18(9-3-10-18)12-5-7-13(19)8-6-12/h2,4-8,11H,3,9-10H2,1H3,(H2,20,21,23). The average molecular weight is 388 g/mol. The fraction of sp³-hybridized carbons (Fsp3) is 0.278. The van der Waals surface area contributed by atoms with Gasteiger partial charge in [-0.05, 0) is 42.7 Å². The van der Waals surface area contributed by atoms with Gasteiger partial charge >= 0.3 is 0 Å². The first-order chi connectivity index (χ1) is 11.4. The van der Waals surface area contributed by atoms with Crippen LogP contribution in [0.3, 0.4) is 0 Å². The van der Waals surface area contributed by atoms with Gasteiger partial charge < -0.3 is 10.3 Å². The number of aryl methyl sites for hydroxylation is 1. The van der Waals surface area contributed by atoms with Crippen LogP contribution in [0, 0.1) is 0 Å². The molecule has 0 spiro atoms. The molecule has 0 saturated heterocycles. The second-order valence-electron chi connectivity index (χ2n) is 6.08. The minimum atomic E-state index is -0.586. The monoisotopic (exact) mass is 387 g/mol. The van der Waals surface area contributed by atoms with Gasteiger partial charge in [0.1, 0.15) is 11.4 Å². The molecule has 0 aliphatic heterocycles. The smallest absolute Gasteiger partial charge is 0.284 e. The van der Waals surface area contributed by atoms with Crippen molar-refractivity contribution in [1.82, 2.24) is 4.57 Å². The first-order valence-corrected chi connectivity index (χ1v) is 8.54. The van der Waals surface area contributed by atoms with Crippen LogP contribution in [0.1, 0.15) is 35.2 Å². The van der Waals surface area contributed by atoms with E-state index in [1.807, 2.05) is 24.3 Å². The van der Waals surface area contributed by atoms with Crippen LogP contribution in [0.2, 0.25) is 0 Å². The first kappa shape index (κ1) is 16.6. The number of carbonyl (C=O) groups excluding carboxylic acids is 1. The van der Waals surface area contributed by atoms with Gasteiger partial charge in [-0.2, -0.15) is 4.99 Å². The molecule has 5 nitrogen and oxygen atoms in total. The Morgan fingerprint density at radius 1 is 1.25 bits per heavy atom. The highest BCUT2D eigenvalue weighted by Crippen LogP contribution is 2.44. The normalized spacial score (nSPS) is 16.5. The molecule has 6 heteroatoms. The largest absolute Gasteiger partial charge is 0.386 e. The Morgan fingerprint density at radius 2 is 1.92 bits per heavy atom. The van der Waals surface area contributed by atoms with E-state index in [9.17, 15) is 9.59 Å². The van der Waals surface area contributed by atoms with E-state index in [0.717, 1.165) is 29.3 Å². The third-order valence-corrected chi connectivity index (χ3v) is 5.20. The Bertz CT molecular complexity index is 865. The van der Waals surface area contributed by atoms with Crippen molar-refractivity contribution < 1.29 is 4.79 Å². The van der Waals surface area contributed by atoms with E-state index in [1.165, 1.54) is 10.6 Å². The highest BCUT2D eigenvalue weighted by Gasteiger charge is 2.42. The van der Waals surface area contributed by atoms with Crippen LogP contribution in [0.5, 0.6) is 0 Å². The SMILES string of the molecule is Cn1cccc(C(=O)N=C(N)C2(c3ccc(Br)cc3)CCC2)c1=O. The van der Waals surface area contributed by atoms with Gasteiger partial charge in [0.2, 0.25) is 0 Å². The summed E-state index contributed by atoms with van der Waals surface area (Å²) in [4.78, 5) is 28.5. The van der Waals surface area contributed by atoms with E-state index in [1.54, 1.807) is 19.3 Å². The Morgan fingerprint density at radius 3 is 2.50 bits per heavy atom. The Balaban J connectivity index is 1.97. The van der Waals surface area contributed by atoms with Crippen LogP contribution in [-0.4, -0.2) is 16.3 Å². The van der Waals surface area contributed by atoms with E-state index in [4.69, 9.17) is 5.73 Å². The van der Waals surface area contributed by atoms with Gasteiger partial charge in [-0.3, -0.25) is 9.59 Å². The summed E-state index contributed by atoms with van der Waals surface area (Å²) in [6.45, 7) is 0. The van der Waals surface area contributed by atoms with Crippen molar-refractivity contribution in [3.63, 3.8) is 0 Å². The minimum absolute atomic E-state index is 0.0354. The number of halogens is 1. The quantitative estimate of drug-likeness (QED) is 0.649. The molecule has 1 amide bonds. The number of carbonyl (C=O) groups is 1. The molecule has 1 aromatic heterocycles. The van der Waals surface area contributed by atoms with E-state index in [2.05, 4.69) is 20.9 Å². The highest BCUT2D eigenvalue weighted by molar-refractivity contribution is 9.10. The predicted octanol–water partition coefficient (Wildman–Crippen LogP) is 2.77. The molecule has 3 rings (SSSR count). The van der Waals surface area contributed by atoms with Gasteiger partial charge in [0.15, 0.2) is 0 Å². The zero-order valence-corrected chi connectivity index (χ0v) is 14.9. The van der Waals surface area contributed by atoms with Crippen LogP contribution < -0.4 is 11.3 Å². The van der Waals surface area contributed by atoms with Gasteiger partial charge in [0.05, 0.1) is 5.41 Å². The number of rotatable bonds is 3. The molecule has 2 N–H and O–H groups in total. The number of nitrogens with zero attached hydrogens (tertiary/aromatic N) is 2. The highest BCUT2D eigenvalue weighted by atomic mass is 79.9. The Labute approximate surface area is 148 Å². The second-order valence-corrected chi connectivity index (χ2v) is 7.00. The summed E-state index contributed by atoms with van der Waals surface area (Å²) in [5.41, 5.74) is 6.53. The minimum Gasteiger partial charge on any atom is -0.386 e. The second kappa shape index (κ2) is 6.36.